The quantitative estimate of drug-likeness (QED) is 0.797. The summed E-state index contributed by atoms with van der Waals surface area (Å²) in [5.74, 6) is -0.690. The average Bonchev–Trinajstić information content (AvgIpc) is 2.37. The molecule has 20 heavy (non-hydrogen) atoms. The Morgan fingerprint density at radius 1 is 1.50 bits per heavy atom. The maximum Gasteiger partial charge on any atom is 0.225 e. The summed E-state index contributed by atoms with van der Waals surface area (Å²) in [5.41, 5.74) is 0.185. The molecular formula is C14H20BrFN2O2. The predicted octanol–water partition coefficient (Wildman–Crippen LogP) is 2.62. The number of carbonyl (C=O) groups is 1. The zero-order chi connectivity index (χ0) is 15.1. The third kappa shape index (κ3) is 6.45. The van der Waals surface area contributed by atoms with E-state index >= 15 is 0 Å². The average molecular weight is 347 g/mol. The molecule has 0 fully saturated rings. The largest absolute Gasteiger partial charge is 0.393 e. The highest BCUT2D eigenvalue weighted by Crippen LogP contribution is 2.19. The van der Waals surface area contributed by atoms with Crippen LogP contribution in [0.15, 0.2) is 22.7 Å². The lowest BCUT2D eigenvalue weighted by Crippen LogP contribution is -2.27. The van der Waals surface area contributed by atoms with Gasteiger partial charge in [-0.2, -0.15) is 0 Å². The maximum atomic E-state index is 13.5. The number of carbonyl (C=O) groups excluding carboxylic acids is 1. The first-order chi connectivity index (χ1) is 9.38. The second-order valence-electron chi connectivity index (χ2n) is 4.86. The number of rotatable bonds is 7. The molecule has 1 atom stereocenters. The number of halogens is 2. The Morgan fingerprint density at radius 2 is 2.20 bits per heavy atom. The minimum absolute atomic E-state index is 0.185. The van der Waals surface area contributed by atoms with Crippen LogP contribution in [0, 0.1) is 5.82 Å². The van der Waals surface area contributed by atoms with Crippen LogP contribution in [0.2, 0.25) is 0 Å². The lowest BCUT2D eigenvalue weighted by molar-refractivity contribution is -0.116. The normalized spacial score (nSPS) is 12.5. The van der Waals surface area contributed by atoms with E-state index in [0.29, 0.717) is 17.4 Å². The van der Waals surface area contributed by atoms with Crippen molar-refractivity contribution in [2.24, 2.45) is 0 Å². The summed E-state index contributed by atoms with van der Waals surface area (Å²) in [7, 11) is 1.88. The van der Waals surface area contributed by atoms with Crippen LogP contribution in [0.1, 0.15) is 19.8 Å². The number of aliphatic hydroxyl groups excluding tert-OH is 1. The standard InChI is InChI=1S/C14H20BrFN2O2/c1-10(19)5-7-18(2)8-6-14(20)17-13-4-3-11(15)9-12(13)16/h3-4,9-10,19H,5-8H2,1-2H3,(H,17,20). The molecule has 0 saturated heterocycles. The second kappa shape index (κ2) is 8.34. The fourth-order valence-electron chi connectivity index (χ4n) is 1.61. The summed E-state index contributed by atoms with van der Waals surface area (Å²) in [6.45, 7) is 3.02. The number of amides is 1. The number of aliphatic hydroxyl groups is 1. The minimum atomic E-state index is -0.463. The number of hydrogen-bond donors (Lipinski definition) is 2. The van der Waals surface area contributed by atoms with Gasteiger partial charge in [-0.15, -0.1) is 0 Å². The van der Waals surface area contributed by atoms with Crippen molar-refractivity contribution in [2.45, 2.75) is 25.9 Å². The molecule has 0 aliphatic carbocycles. The fourth-order valence-corrected chi connectivity index (χ4v) is 1.95. The van der Waals surface area contributed by atoms with E-state index in [4.69, 9.17) is 0 Å². The van der Waals surface area contributed by atoms with Crippen molar-refractivity contribution in [1.29, 1.82) is 0 Å². The van der Waals surface area contributed by atoms with Crippen LogP contribution >= 0.6 is 15.9 Å². The van der Waals surface area contributed by atoms with Gasteiger partial charge < -0.3 is 15.3 Å². The molecule has 1 amide bonds. The molecular weight excluding hydrogens is 327 g/mol. The summed E-state index contributed by atoms with van der Waals surface area (Å²) in [5, 5.41) is 11.7. The number of nitrogens with one attached hydrogen (secondary N) is 1. The van der Waals surface area contributed by atoms with Crippen molar-refractivity contribution < 1.29 is 14.3 Å². The van der Waals surface area contributed by atoms with E-state index in [1.807, 2.05) is 11.9 Å². The van der Waals surface area contributed by atoms with Crippen LogP contribution in [0.4, 0.5) is 10.1 Å². The summed E-state index contributed by atoms with van der Waals surface area (Å²) in [4.78, 5) is 13.7. The van der Waals surface area contributed by atoms with Crippen molar-refractivity contribution in [3.8, 4) is 0 Å². The smallest absolute Gasteiger partial charge is 0.225 e. The molecule has 0 spiro atoms. The first-order valence-electron chi connectivity index (χ1n) is 6.50. The minimum Gasteiger partial charge on any atom is -0.393 e. The van der Waals surface area contributed by atoms with Crippen molar-refractivity contribution in [3.05, 3.63) is 28.5 Å². The Labute approximate surface area is 127 Å². The highest BCUT2D eigenvalue weighted by atomic mass is 79.9. The van der Waals surface area contributed by atoms with E-state index < -0.39 is 5.82 Å². The van der Waals surface area contributed by atoms with E-state index in [1.54, 1.807) is 13.0 Å². The van der Waals surface area contributed by atoms with Gasteiger partial charge in [-0.1, -0.05) is 15.9 Å². The number of benzene rings is 1. The molecule has 6 heteroatoms. The fraction of sp³-hybridized carbons (Fsp3) is 0.500. The van der Waals surface area contributed by atoms with Crippen LogP contribution in [0.25, 0.3) is 0 Å². The molecule has 0 bridgehead atoms. The van der Waals surface area contributed by atoms with Gasteiger partial charge in [0.1, 0.15) is 5.82 Å². The van der Waals surface area contributed by atoms with E-state index in [1.165, 1.54) is 12.1 Å². The first kappa shape index (κ1) is 17.1. The van der Waals surface area contributed by atoms with E-state index in [9.17, 15) is 14.3 Å². The van der Waals surface area contributed by atoms with Gasteiger partial charge in [-0.05, 0) is 38.6 Å². The summed E-state index contributed by atoms with van der Waals surface area (Å²) in [6, 6.07) is 4.51. The maximum absolute atomic E-state index is 13.5. The summed E-state index contributed by atoms with van der Waals surface area (Å²) in [6.07, 6.45) is 0.605. The molecule has 0 aliphatic rings. The van der Waals surface area contributed by atoms with E-state index in [-0.39, 0.29) is 24.1 Å². The zero-order valence-electron chi connectivity index (χ0n) is 11.7. The Morgan fingerprint density at radius 3 is 2.80 bits per heavy atom. The summed E-state index contributed by atoms with van der Waals surface area (Å²) >= 11 is 3.16. The van der Waals surface area contributed by atoms with Crippen LogP contribution in [0.3, 0.4) is 0 Å². The van der Waals surface area contributed by atoms with Gasteiger partial charge >= 0.3 is 0 Å². The molecule has 0 saturated carbocycles. The Kier molecular flexibility index (Phi) is 7.12. The second-order valence-corrected chi connectivity index (χ2v) is 5.78. The lowest BCUT2D eigenvalue weighted by Gasteiger charge is -2.17. The topological polar surface area (TPSA) is 52.6 Å². The molecule has 0 radical (unpaired) electrons. The molecule has 1 aromatic rings. The van der Waals surface area contributed by atoms with Crippen LogP contribution in [-0.4, -0.2) is 42.2 Å². The van der Waals surface area contributed by atoms with Gasteiger partial charge in [-0.3, -0.25) is 4.79 Å². The van der Waals surface area contributed by atoms with Crippen molar-refractivity contribution in [2.75, 3.05) is 25.5 Å². The molecule has 0 aromatic heterocycles. The highest BCUT2D eigenvalue weighted by Gasteiger charge is 2.09. The summed E-state index contributed by atoms with van der Waals surface area (Å²) < 4.78 is 14.2. The molecule has 4 nitrogen and oxygen atoms in total. The van der Waals surface area contributed by atoms with E-state index in [2.05, 4.69) is 21.2 Å². The Bertz CT molecular complexity index is 455. The number of anilines is 1. The Hall–Kier alpha value is -0.980. The van der Waals surface area contributed by atoms with Crippen molar-refractivity contribution >= 4 is 27.5 Å². The number of nitrogens with zero attached hydrogens (tertiary/aromatic N) is 1. The van der Waals surface area contributed by atoms with Crippen molar-refractivity contribution in [1.82, 2.24) is 4.90 Å². The van der Waals surface area contributed by atoms with Gasteiger partial charge in [0.15, 0.2) is 0 Å². The third-order valence-corrected chi connectivity index (χ3v) is 3.35. The SMILES string of the molecule is CC(O)CCN(C)CCC(=O)Nc1ccc(Br)cc1F. The molecule has 0 aliphatic heterocycles. The van der Waals surface area contributed by atoms with Crippen LogP contribution in [-0.2, 0) is 4.79 Å². The highest BCUT2D eigenvalue weighted by molar-refractivity contribution is 9.10. The molecule has 1 aromatic carbocycles. The first-order valence-corrected chi connectivity index (χ1v) is 7.29. The van der Waals surface area contributed by atoms with Crippen LogP contribution in [0.5, 0.6) is 0 Å². The van der Waals surface area contributed by atoms with Gasteiger partial charge in [0.05, 0.1) is 11.8 Å². The lowest BCUT2D eigenvalue weighted by atomic mass is 10.2. The molecule has 1 unspecified atom stereocenters. The van der Waals surface area contributed by atoms with Gasteiger partial charge in [-0.25, -0.2) is 4.39 Å². The molecule has 2 N–H and O–H groups in total. The van der Waals surface area contributed by atoms with Gasteiger partial charge in [0.2, 0.25) is 5.91 Å². The zero-order valence-corrected chi connectivity index (χ0v) is 13.3. The van der Waals surface area contributed by atoms with E-state index in [0.717, 1.165) is 6.54 Å². The van der Waals surface area contributed by atoms with Gasteiger partial charge in [0.25, 0.3) is 0 Å². The Balaban J connectivity index is 2.36. The molecule has 1 rings (SSSR count). The monoisotopic (exact) mass is 346 g/mol. The van der Waals surface area contributed by atoms with Gasteiger partial charge in [0, 0.05) is 24.0 Å². The predicted molar refractivity (Wildman–Crippen MR) is 81.1 cm³/mol. The van der Waals surface area contributed by atoms with Crippen LogP contribution < -0.4 is 5.32 Å². The molecule has 112 valence electrons. The van der Waals surface area contributed by atoms with Crippen molar-refractivity contribution in [3.63, 3.8) is 0 Å². The number of hydrogen-bond acceptors (Lipinski definition) is 3. The third-order valence-electron chi connectivity index (χ3n) is 2.85. The molecule has 0 heterocycles.